The zero-order valence-corrected chi connectivity index (χ0v) is 9.68. The molecule has 0 aliphatic carbocycles. The maximum atomic E-state index is 13.6. The molecule has 2 rings (SSSR count). The number of hydrogen-bond donors (Lipinski definition) is 2. The van der Waals surface area contributed by atoms with Crippen molar-refractivity contribution in [3.05, 3.63) is 42.0 Å². The summed E-state index contributed by atoms with van der Waals surface area (Å²) in [7, 11) is 1.82. The van der Waals surface area contributed by atoms with Crippen LogP contribution >= 0.6 is 0 Å². The van der Waals surface area contributed by atoms with E-state index in [-0.39, 0.29) is 11.8 Å². The Morgan fingerprint density at radius 1 is 1.47 bits per heavy atom. The third-order valence-corrected chi connectivity index (χ3v) is 2.54. The summed E-state index contributed by atoms with van der Waals surface area (Å²) in [5.74, 6) is -0.492. The Morgan fingerprint density at radius 2 is 2.24 bits per heavy atom. The van der Waals surface area contributed by atoms with Crippen LogP contribution in [0.3, 0.4) is 0 Å². The molecule has 2 N–H and O–H groups in total. The summed E-state index contributed by atoms with van der Waals surface area (Å²) in [5.41, 5.74) is 1.33. The van der Waals surface area contributed by atoms with Crippen LogP contribution in [-0.2, 0) is 7.05 Å². The fraction of sp³-hybridized carbons (Fsp3) is 0.250. The van der Waals surface area contributed by atoms with Crippen molar-refractivity contribution in [2.24, 2.45) is 7.05 Å². The molecule has 2 aromatic rings. The number of aryl methyl sites for hydroxylation is 1. The number of benzene rings is 1. The summed E-state index contributed by atoms with van der Waals surface area (Å²) >= 11 is 0. The fourth-order valence-corrected chi connectivity index (χ4v) is 1.69. The molecule has 0 fully saturated rings. The van der Waals surface area contributed by atoms with E-state index in [4.69, 9.17) is 5.11 Å². The van der Waals surface area contributed by atoms with Crippen molar-refractivity contribution >= 4 is 5.69 Å². The minimum absolute atomic E-state index is 0.0696. The molecule has 0 radical (unpaired) electrons. The molecule has 1 heterocycles. The second-order valence-corrected chi connectivity index (χ2v) is 3.97. The van der Waals surface area contributed by atoms with Crippen LogP contribution in [0.4, 0.5) is 10.1 Å². The third kappa shape index (κ3) is 2.55. The van der Waals surface area contributed by atoms with Gasteiger partial charge in [0.25, 0.3) is 0 Å². The average molecular weight is 235 g/mol. The van der Waals surface area contributed by atoms with Gasteiger partial charge in [0.15, 0.2) is 0 Å². The monoisotopic (exact) mass is 235 g/mol. The Balaban J connectivity index is 2.17. The molecule has 90 valence electrons. The molecular weight excluding hydrogens is 221 g/mol. The minimum atomic E-state index is -0.422. The Labute approximate surface area is 98.7 Å². The summed E-state index contributed by atoms with van der Waals surface area (Å²) in [6.07, 6.45) is 3.49. The molecule has 1 atom stereocenters. The van der Waals surface area contributed by atoms with Gasteiger partial charge in [0.2, 0.25) is 0 Å². The van der Waals surface area contributed by atoms with E-state index in [0.29, 0.717) is 5.56 Å². The van der Waals surface area contributed by atoms with Crippen molar-refractivity contribution in [3.8, 4) is 5.75 Å². The topological polar surface area (TPSA) is 50.1 Å². The number of nitrogens with zero attached hydrogens (tertiary/aromatic N) is 2. The highest BCUT2D eigenvalue weighted by molar-refractivity contribution is 5.42. The number of aromatic nitrogens is 2. The van der Waals surface area contributed by atoms with Gasteiger partial charge in [-0.15, -0.1) is 0 Å². The molecule has 17 heavy (non-hydrogen) atoms. The molecule has 0 aliphatic heterocycles. The average Bonchev–Trinajstić information content (AvgIpc) is 2.63. The lowest BCUT2D eigenvalue weighted by atomic mass is 10.1. The molecule has 0 spiro atoms. The van der Waals surface area contributed by atoms with Crippen LogP contribution in [0.1, 0.15) is 18.5 Å². The van der Waals surface area contributed by atoms with Crippen molar-refractivity contribution < 1.29 is 9.50 Å². The summed E-state index contributed by atoms with van der Waals surface area (Å²) in [6.45, 7) is 1.85. The lowest BCUT2D eigenvalue weighted by molar-refractivity contribution is 0.467. The Hall–Kier alpha value is -2.04. The fourth-order valence-electron chi connectivity index (χ4n) is 1.69. The first-order valence-electron chi connectivity index (χ1n) is 5.30. The SMILES string of the molecule is CC(Nc1cnn(C)c1)c1ccc(O)cc1F. The van der Waals surface area contributed by atoms with E-state index in [9.17, 15) is 4.39 Å². The van der Waals surface area contributed by atoms with E-state index in [0.717, 1.165) is 11.8 Å². The van der Waals surface area contributed by atoms with Crippen molar-refractivity contribution in [1.29, 1.82) is 0 Å². The van der Waals surface area contributed by atoms with Crippen LogP contribution in [0.15, 0.2) is 30.6 Å². The third-order valence-electron chi connectivity index (χ3n) is 2.54. The number of nitrogens with one attached hydrogen (secondary N) is 1. The number of halogens is 1. The van der Waals surface area contributed by atoms with Crippen LogP contribution in [0.2, 0.25) is 0 Å². The van der Waals surface area contributed by atoms with Gasteiger partial charge in [-0.2, -0.15) is 5.10 Å². The van der Waals surface area contributed by atoms with Gasteiger partial charge in [0, 0.05) is 24.9 Å². The number of phenolic OH excluding ortho intramolecular Hbond substituents is 1. The number of hydrogen-bond acceptors (Lipinski definition) is 3. The molecule has 0 saturated heterocycles. The molecule has 0 aliphatic rings. The number of anilines is 1. The van der Waals surface area contributed by atoms with Crippen LogP contribution in [-0.4, -0.2) is 14.9 Å². The van der Waals surface area contributed by atoms with E-state index < -0.39 is 5.82 Å². The number of aromatic hydroxyl groups is 1. The molecule has 0 saturated carbocycles. The maximum absolute atomic E-state index is 13.6. The van der Waals surface area contributed by atoms with Gasteiger partial charge in [-0.05, 0) is 13.0 Å². The zero-order chi connectivity index (χ0) is 12.4. The van der Waals surface area contributed by atoms with Crippen LogP contribution < -0.4 is 5.32 Å². The van der Waals surface area contributed by atoms with E-state index >= 15 is 0 Å². The van der Waals surface area contributed by atoms with E-state index in [1.165, 1.54) is 6.07 Å². The molecule has 1 aromatic heterocycles. The second kappa shape index (κ2) is 4.45. The highest BCUT2D eigenvalue weighted by Crippen LogP contribution is 2.23. The largest absolute Gasteiger partial charge is 0.508 e. The van der Waals surface area contributed by atoms with Gasteiger partial charge in [-0.1, -0.05) is 6.07 Å². The van der Waals surface area contributed by atoms with E-state index in [2.05, 4.69) is 10.4 Å². The second-order valence-electron chi connectivity index (χ2n) is 3.97. The maximum Gasteiger partial charge on any atom is 0.132 e. The van der Waals surface area contributed by atoms with Crippen molar-refractivity contribution in [3.63, 3.8) is 0 Å². The Morgan fingerprint density at radius 3 is 2.82 bits per heavy atom. The molecule has 0 amide bonds. The van der Waals surface area contributed by atoms with Crippen molar-refractivity contribution in [2.45, 2.75) is 13.0 Å². The van der Waals surface area contributed by atoms with E-state index in [1.807, 2.05) is 20.2 Å². The number of rotatable bonds is 3. The Kier molecular flexibility index (Phi) is 2.99. The lowest BCUT2D eigenvalue weighted by Crippen LogP contribution is -2.07. The van der Waals surface area contributed by atoms with Gasteiger partial charge in [0.05, 0.1) is 17.9 Å². The Bertz CT molecular complexity index is 524. The molecule has 1 aromatic carbocycles. The zero-order valence-electron chi connectivity index (χ0n) is 9.68. The van der Waals surface area contributed by atoms with Gasteiger partial charge >= 0.3 is 0 Å². The predicted octanol–water partition coefficient (Wildman–Crippen LogP) is 2.44. The minimum Gasteiger partial charge on any atom is -0.508 e. The molecule has 4 nitrogen and oxygen atoms in total. The first-order valence-corrected chi connectivity index (χ1v) is 5.30. The predicted molar refractivity (Wildman–Crippen MR) is 63.3 cm³/mol. The lowest BCUT2D eigenvalue weighted by Gasteiger charge is -2.14. The first-order chi connectivity index (χ1) is 8.06. The normalized spacial score (nSPS) is 12.4. The highest BCUT2D eigenvalue weighted by Gasteiger charge is 2.11. The number of phenols is 1. The van der Waals surface area contributed by atoms with Crippen molar-refractivity contribution in [2.75, 3.05) is 5.32 Å². The van der Waals surface area contributed by atoms with Gasteiger partial charge in [-0.25, -0.2) is 4.39 Å². The smallest absolute Gasteiger partial charge is 0.132 e. The summed E-state index contributed by atoms with van der Waals surface area (Å²) in [4.78, 5) is 0. The highest BCUT2D eigenvalue weighted by atomic mass is 19.1. The molecule has 1 unspecified atom stereocenters. The first kappa shape index (κ1) is 11.4. The van der Waals surface area contributed by atoms with Crippen LogP contribution in [0, 0.1) is 5.82 Å². The standard InChI is InChI=1S/C12H14FN3O/c1-8(15-9-6-14-16(2)7-9)11-4-3-10(17)5-12(11)13/h3-8,15,17H,1-2H3. The quantitative estimate of drug-likeness (QED) is 0.859. The van der Waals surface area contributed by atoms with Gasteiger partial charge < -0.3 is 10.4 Å². The molecule has 5 heteroatoms. The summed E-state index contributed by atoms with van der Waals surface area (Å²) in [6, 6.07) is 3.95. The van der Waals surface area contributed by atoms with Crippen LogP contribution in [0.25, 0.3) is 0 Å². The van der Waals surface area contributed by atoms with Gasteiger partial charge in [-0.3, -0.25) is 4.68 Å². The summed E-state index contributed by atoms with van der Waals surface area (Å²) in [5, 5.41) is 16.3. The van der Waals surface area contributed by atoms with Gasteiger partial charge in [0.1, 0.15) is 11.6 Å². The molecular formula is C12H14FN3O. The molecule has 0 bridgehead atoms. The van der Waals surface area contributed by atoms with Crippen LogP contribution in [0.5, 0.6) is 5.75 Å². The van der Waals surface area contributed by atoms with Crippen molar-refractivity contribution in [1.82, 2.24) is 9.78 Å². The summed E-state index contributed by atoms with van der Waals surface area (Å²) < 4.78 is 15.3. The van der Waals surface area contributed by atoms with E-state index in [1.54, 1.807) is 16.9 Å².